The van der Waals surface area contributed by atoms with E-state index in [9.17, 15) is 14.4 Å². The van der Waals surface area contributed by atoms with Crippen LogP contribution in [0.2, 0.25) is 0 Å². The Balaban J connectivity index is 4.51. The number of carbonyl (C=O) groups is 3. The van der Waals surface area contributed by atoms with E-state index in [1.54, 1.807) is 0 Å². The fourth-order valence-electron chi connectivity index (χ4n) is 7.75. The van der Waals surface area contributed by atoms with Gasteiger partial charge in [0.15, 0.2) is 6.10 Å². The molecule has 0 aliphatic heterocycles. The number of allylic oxidation sites excluding steroid dienone is 16. The lowest BCUT2D eigenvalue weighted by Gasteiger charge is -2.18. The topological polar surface area (TPSA) is 78.9 Å². The highest BCUT2D eigenvalue weighted by molar-refractivity contribution is 5.71. The maximum Gasteiger partial charge on any atom is 0.306 e. The van der Waals surface area contributed by atoms with Gasteiger partial charge in [-0.2, -0.15) is 0 Å². The summed E-state index contributed by atoms with van der Waals surface area (Å²) in [6, 6.07) is 0. The summed E-state index contributed by atoms with van der Waals surface area (Å²) in [5, 5.41) is 0. The molecule has 0 aliphatic carbocycles. The first-order valence-corrected chi connectivity index (χ1v) is 28.7. The third-order valence-corrected chi connectivity index (χ3v) is 12.1. The second-order valence-electron chi connectivity index (χ2n) is 18.8. The Hall–Kier alpha value is -3.67. The van der Waals surface area contributed by atoms with E-state index in [4.69, 9.17) is 14.2 Å². The van der Waals surface area contributed by atoms with E-state index in [0.717, 1.165) is 77.0 Å². The first-order chi connectivity index (χ1) is 34.0. The highest BCUT2D eigenvalue weighted by Crippen LogP contribution is 2.14. The molecule has 0 aliphatic rings. The molecule has 0 unspecified atom stereocenters. The number of hydrogen-bond acceptors (Lipinski definition) is 6. The lowest BCUT2D eigenvalue weighted by Crippen LogP contribution is -2.30. The van der Waals surface area contributed by atoms with Crippen molar-refractivity contribution in [2.75, 3.05) is 13.2 Å². The largest absolute Gasteiger partial charge is 0.462 e. The summed E-state index contributed by atoms with van der Waals surface area (Å²) in [5.41, 5.74) is 0. The van der Waals surface area contributed by atoms with E-state index in [2.05, 4.69) is 112 Å². The van der Waals surface area contributed by atoms with E-state index < -0.39 is 6.10 Å². The van der Waals surface area contributed by atoms with Crippen molar-refractivity contribution < 1.29 is 28.6 Å². The van der Waals surface area contributed by atoms with Gasteiger partial charge in [0.05, 0.1) is 0 Å². The van der Waals surface area contributed by atoms with Gasteiger partial charge in [-0.15, -0.1) is 0 Å². The fourth-order valence-corrected chi connectivity index (χ4v) is 7.75. The van der Waals surface area contributed by atoms with Crippen LogP contribution in [-0.2, 0) is 28.6 Å². The molecular weight excluding hydrogens is 853 g/mol. The van der Waals surface area contributed by atoms with Gasteiger partial charge in [0.25, 0.3) is 0 Å². The number of esters is 3. The highest BCUT2D eigenvalue weighted by Gasteiger charge is 2.19. The molecule has 0 amide bonds. The quantitative estimate of drug-likeness (QED) is 0.0262. The molecule has 1 atom stereocenters. The Labute approximate surface area is 426 Å². The molecule has 0 rings (SSSR count). The standard InChI is InChI=1S/C63H106O6/c1-4-7-10-13-16-19-22-25-28-30-31-33-35-38-41-44-47-50-53-56-62(65)68-59-60(58-67-61(64)55-52-49-46-43-40-37-34-27-24-21-18-15-12-9-6-3)69-63(66)57-54-51-48-45-42-39-36-32-29-26-23-20-17-14-11-8-5-2/h7,10,16,19,21,24-26,28-29,31,33,38,41,47,50,60H,4-6,8-9,11-15,17-18,20,22-23,27,30,32,34-37,39-40,42-46,48-49,51-59H2,1-3H3/b10-7-,19-16-,24-21-,28-25-,29-26-,33-31-,41-38-,50-47-/t60-/m0/s1. The van der Waals surface area contributed by atoms with E-state index in [1.807, 2.05) is 6.08 Å². The zero-order chi connectivity index (χ0) is 50.0. The van der Waals surface area contributed by atoms with Crippen molar-refractivity contribution in [3.63, 3.8) is 0 Å². The molecule has 0 fully saturated rings. The molecule has 0 saturated heterocycles. The number of hydrogen-bond donors (Lipinski definition) is 0. The van der Waals surface area contributed by atoms with Crippen LogP contribution in [0.25, 0.3) is 0 Å². The van der Waals surface area contributed by atoms with Crippen LogP contribution in [0.1, 0.15) is 265 Å². The predicted octanol–water partition coefficient (Wildman–Crippen LogP) is 19.3. The third kappa shape index (κ3) is 55.1. The lowest BCUT2D eigenvalue weighted by atomic mass is 10.1. The second-order valence-corrected chi connectivity index (χ2v) is 18.8. The lowest BCUT2D eigenvalue weighted by molar-refractivity contribution is -0.166. The van der Waals surface area contributed by atoms with Crippen molar-refractivity contribution in [2.24, 2.45) is 0 Å². The normalized spacial score (nSPS) is 12.8. The molecule has 6 nitrogen and oxygen atoms in total. The minimum atomic E-state index is -0.813. The average Bonchev–Trinajstić information content (AvgIpc) is 3.35. The molecule has 0 spiro atoms. The summed E-state index contributed by atoms with van der Waals surface area (Å²) in [6.07, 6.45) is 75.5. The van der Waals surface area contributed by atoms with Gasteiger partial charge in [0.1, 0.15) is 13.2 Å². The highest BCUT2D eigenvalue weighted by atomic mass is 16.6. The van der Waals surface area contributed by atoms with Gasteiger partial charge in [0.2, 0.25) is 0 Å². The molecule has 0 aromatic heterocycles. The van der Waals surface area contributed by atoms with Gasteiger partial charge in [-0.3, -0.25) is 14.4 Å². The van der Waals surface area contributed by atoms with Crippen LogP contribution < -0.4 is 0 Å². The minimum absolute atomic E-state index is 0.105. The van der Waals surface area contributed by atoms with E-state index in [1.165, 1.54) is 141 Å². The Morgan fingerprint density at radius 3 is 0.986 bits per heavy atom. The van der Waals surface area contributed by atoms with Crippen LogP contribution in [0.15, 0.2) is 97.2 Å². The van der Waals surface area contributed by atoms with Crippen LogP contribution in [0.5, 0.6) is 0 Å². The molecule has 69 heavy (non-hydrogen) atoms. The van der Waals surface area contributed by atoms with E-state index >= 15 is 0 Å². The summed E-state index contributed by atoms with van der Waals surface area (Å²) in [7, 11) is 0. The van der Waals surface area contributed by atoms with Gasteiger partial charge in [-0.25, -0.2) is 0 Å². The Bertz CT molecular complexity index is 1380. The summed E-state index contributed by atoms with van der Waals surface area (Å²) >= 11 is 0. The maximum atomic E-state index is 12.9. The smallest absolute Gasteiger partial charge is 0.306 e. The molecular formula is C63H106O6. The summed E-state index contributed by atoms with van der Waals surface area (Å²) in [6.45, 7) is 6.45. The van der Waals surface area contributed by atoms with Gasteiger partial charge in [-0.05, 0) is 109 Å². The van der Waals surface area contributed by atoms with Gasteiger partial charge >= 0.3 is 17.9 Å². The zero-order valence-corrected chi connectivity index (χ0v) is 45.0. The molecule has 0 saturated carbocycles. The molecule has 0 N–H and O–H groups in total. The molecule has 0 aromatic carbocycles. The van der Waals surface area contributed by atoms with E-state index in [0.29, 0.717) is 19.3 Å². The minimum Gasteiger partial charge on any atom is -0.462 e. The molecule has 0 bridgehead atoms. The number of ether oxygens (including phenoxy) is 3. The fraction of sp³-hybridized carbons (Fsp3) is 0.698. The first kappa shape index (κ1) is 65.3. The summed E-state index contributed by atoms with van der Waals surface area (Å²) < 4.78 is 16.8. The third-order valence-electron chi connectivity index (χ3n) is 12.1. The van der Waals surface area contributed by atoms with Crippen molar-refractivity contribution in [2.45, 2.75) is 271 Å². The first-order valence-electron chi connectivity index (χ1n) is 28.7. The Morgan fingerprint density at radius 1 is 0.304 bits per heavy atom. The van der Waals surface area contributed by atoms with Crippen LogP contribution in [0.3, 0.4) is 0 Å². The number of carbonyl (C=O) groups excluding carboxylic acids is 3. The molecule has 0 heterocycles. The predicted molar refractivity (Wildman–Crippen MR) is 297 cm³/mol. The van der Waals surface area contributed by atoms with Crippen LogP contribution in [0, 0.1) is 0 Å². The average molecular weight is 960 g/mol. The SMILES string of the molecule is CC/C=C\C/C=C\C/C=C\C/C=C\C/C=C\C/C=C\CCC(=O)OC[C@H](COC(=O)CCCCCCCCC/C=C\CCCCCC)OC(=O)CCCCCCCCC/C=C\CCCCCCCC. The second kappa shape index (κ2) is 56.9. The zero-order valence-electron chi connectivity index (χ0n) is 45.0. The molecule has 6 heteroatoms. The van der Waals surface area contributed by atoms with Crippen LogP contribution in [0.4, 0.5) is 0 Å². The Morgan fingerprint density at radius 2 is 0.594 bits per heavy atom. The summed E-state index contributed by atoms with van der Waals surface area (Å²) in [4.78, 5) is 38.1. The van der Waals surface area contributed by atoms with E-state index in [-0.39, 0.29) is 37.5 Å². The summed E-state index contributed by atoms with van der Waals surface area (Å²) in [5.74, 6) is -0.998. The van der Waals surface area contributed by atoms with Crippen molar-refractivity contribution >= 4 is 17.9 Å². The van der Waals surface area contributed by atoms with Crippen LogP contribution in [-0.4, -0.2) is 37.2 Å². The Kier molecular flexibility index (Phi) is 53.9. The molecule has 0 radical (unpaired) electrons. The van der Waals surface area contributed by atoms with Crippen molar-refractivity contribution in [3.05, 3.63) is 97.2 Å². The monoisotopic (exact) mass is 959 g/mol. The molecule has 394 valence electrons. The van der Waals surface area contributed by atoms with Gasteiger partial charge in [0, 0.05) is 19.3 Å². The van der Waals surface area contributed by atoms with Crippen molar-refractivity contribution in [3.8, 4) is 0 Å². The van der Waals surface area contributed by atoms with Crippen molar-refractivity contribution in [1.29, 1.82) is 0 Å². The maximum absolute atomic E-state index is 12.9. The number of unbranched alkanes of at least 4 members (excludes halogenated alkanes) is 24. The van der Waals surface area contributed by atoms with Gasteiger partial charge in [-0.1, -0.05) is 234 Å². The van der Waals surface area contributed by atoms with Gasteiger partial charge < -0.3 is 14.2 Å². The number of rotatable bonds is 51. The van der Waals surface area contributed by atoms with Crippen LogP contribution >= 0.6 is 0 Å². The molecule has 0 aromatic rings. The van der Waals surface area contributed by atoms with Crippen molar-refractivity contribution in [1.82, 2.24) is 0 Å².